The van der Waals surface area contributed by atoms with E-state index in [0.717, 1.165) is 30.4 Å². The number of hydrogen-bond donors (Lipinski definition) is 1. The average Bonchev–Trinajstić information content (AvgIpc) is 2.35. The molecule has 2 rings (SSSR count). The highest BCUT2D eigenvalue weighted by atomic mass is 16.2. The molecule has 3 nitrogen and oxygen atoms in total. The van der Waals surface area contributed by atoms with E-state index < -0.39 is 0 Å². The van der Waals surface area contributed by atoms with Crippen molar-refractivity contribution in [2.75, 3.05) is 13.1 Å². The number of nitrogens with zero attached hydrogens (tertiary/aromatic N) is 1. The zero-order valence-corrected chi connectivity index (χ0v) is 11.1. The number of aryl methyl sites for hydroxylation is 1. The van der Waals surface area contributed by atoms with Crippen LogP contribution in [0.3, 0.4) is 0 Å². The van der Waals surface area contributed by atoms with Crippen LogP contribution >= 0.6 is 0 Å². The topological polar surface area (TPSA) is 46.3 Å². The molecule has 0 bridgehead atoms. The van der Waals surface area contributed by atoms with E-state index in [2.05, 4.69) is 6.92 Å². The van der Waals surface area contributed by atoms with Crippen LogP contribution in [0, 0.1) is 0 Å². The summed E-state index contributed by atoms with van der Waals surface area (Å²) in [6, 6.07) is 8.31. The fraction of sp³-hybridized carbons (Fsp3) is 0.533. The van der Waals surface area contributed by atoms with Crippen molar-refractivity contribution >= 4 is 5.91 Å². The van der Waals surface area contributed by atoms with Crippen molar-refractivity contribution in [3.63, 3.8) is 0 Å². The van der Waals surface area contributed by atoms with Gasteiger partial charge in [0.15, 0.2) is 0 Å². The zero-order valence-electron chi connectivity index (χ0n) is 11.1. The largest absolute Gasteiger partial charge is 0.334 e. The lowest BCUT2D eigenvalue weighted by Crippen LogP contribution is -2.46. The molecule has 2 N–H and O–H groups in total. The highest BCUT2D eigenvalue weighted by Gasteiger charge is 2.29. The summed E-state index contributed by atoms with van der Waals surface area (Å²) in [7, 11) is 0. The summed E-state index contributed by atoms with van der Waals surface area (Å²) in [4.78, 5) is 14.6. The van der Waals surface area contributed by atoms with Crippen LogP contribution in [0.15, 0.2) is 24.3 Å². The van der Waals surface area contributed by atoms with E-state index in [-0.39, 0.29) is 5.91 Å². The van der Waals surface area contributed by atoms with Gasteiger partial charge in [-0.1, -0.05) is 25.1 Å². The third-order valence-corrected chi connectivity index (χ3v) is 3.78. The lowest BCUT2D eigenvalue weighted by molar-refractivity contribution is 0.0587. The lowest BCUT2D eigenvalue weighted by atomic mass is 9.90. The van der Waals surface area contributed by atoms with E-state index >= 15 is 0 Å². The molecule has 0 radical (unpaired) electrons. The Hall–Kier alpha value is -1.35. The first-order valence-corrected chi connectivity index (χ1v) is 6.86. The third kappa shape index (κ3) is 2.56. The molecule has 0 heterocycles. The van der Waals surface area contributed by atoms with Crippen LogP contribution in [-0.4, -0.2) is 29.9 Å². The lowest BCUT2D eigenvalue weighted by Gasteiger charge is -2.37. The highest BCUT2D eigenvalue weighted by molar-refractivity contribution is 5.96. The first kappa shape index (κ1) is 13.1. The summed E-state index contributed by atoms with van der Waals surface area (Å²) in [5, 5.41) is 0. The summed E-state index contributed by atoms with van der Waals surface area (Å²) in [5.74, 6) is 0.155. The summed E-state index contributed by atoms with van der Waals surface area (Å²) in [6.45, 7) is 3.29. The molecule has 18 heavy (non-hydrogen) atoms. The van der Waals surface area contributed by atoms with Gasteiger partial charge in [0.1, 0.15) is 0 Å². The van der Waals surface area contributed by atoms with Crippen molar-refractivity contribution in [2.45, 2.75) is 38.6 Å². The van der Waals surface area contributed by atoms with E-state index in [9.17, 15) is 4.79 Å². The van der Waals surface area contributed by atoms with Gasteiger partial charge in [-0.25, -0.2) is 0 Å². The molecule has 1 amide bonds. The number of carbonyl (C=O) groups excluding carboxylic acids is 1. The van der Waals surface area contributed by atoms with Gasteiger partial charge in [-0.05, 0) is 37.3 Å². The van der Waals surface area contributed by atoms with Crippen molar-refractivity contribution in [1.82, 2.24) is 4.90 Å². The predicted octanol–water partition coefficient (Wildman–Crippen LogP) is 2.20. The number of nitrogens with two attached hydrogens (primary N) is 1. The van der Waals surface area contributed by atoms with Crippen LogP contribution in [-0.2, 0) is 6.42 Å². The zero-order chi connectivity index (χ0) is 13.0. The second-order valence-corrected chi connectivity index (χ2v) is 4.88. The van der Waals surface area contributed by atoms with Crippen molar-refractivity contribution in [2.24, 2.45) is 5.73 Å². The molecule has 1 aromatic rings. The van der Waals surface area contributed by atoms with Gasteiger partial charge < -0.3 is 10.6 Å². The minimum Gasteiger partial charge on any atom is -0.334 e. The molecule has 98 valence electrons. The third-order valence-electron chi connectivity index (χ3n) is 3.78. The van der Waals surface area contributed by atoms with Gasteiger partial charge in [0.05, 0.1) is 0 Å². The quantitative estimate of drug-likeness (QED) is 0.865. The van der Waals surface area contributed by atoms with Gasteiger partial charge in [0, 0.05) is 24.7 Å². The van der Waals surface area contributed by atoms with E-state index in [4.69, 9.17) is 5.73 Å². The minimum atomic E-state index is 0.155. The summed E-state index contributed by atoms with van der Waals surface area (Å²) in [5.41, 5.74) is 7.61. The number of rotatable bonds is 5. The van der Waals surface area contributed by atoms with E-state index in [0.29, 0.717) is 19.1 Å². The SMILES string of the molecule is CCc1ccccc1C(=O)N(CCN)C1CCC1. The fourth-order valence-electron chi connectivity index (χ4n) is 2.48. The number of hydrogen-bond acceptors (Lipinski definition) is 2. The Morgan fingerprint density at radius 3 is 2.67 bits per heavy atom. The smallest absolute Gasteiger partial charge is 0.254 e. The average molecular weight is 246 g/mol. The standard InChI is InChI=1S/C15H22N2O/c1-2-12-6-3-4-9-14(12)15(18)17(11-10-16)13-7-5-8-13/h3-4,6,9,13H,2,5,7-8,10-11,16H2,1H3. The molecule has 3 heteroatoms. The van der Waals surface area contributed by atoms with Crippen LogP contribution in [0.5, 0.6) is 0 Å². The molecule has 0 saturated heterocycles. The van der Waals surface area contributed by atoms with Crippen molar-refractivity contribution in [3.05, 3.63) is 35.4 Å². The predicted molar refractivity (Wildman–Crippen MR) is 73.5 cm³/mol. The summed E-state index contributed by atoms with van der Waals surface area (Å²) < 4.78 is 0. The molecule has 0 aromatic heterocycles. The molecule has 0 spiro atoms. The molecule has 0 unspecified atom stereocenters. The summed E-state index contributed by atoms with van der Waals surface area (Å²) >= 11 is 0. The molecule has 1 aliphatic rings. The fourth-order valence-corrected chi connectivity index (χ4v) is 2.48. The van der Waals surface area contributed by atoms with Crippen LogP contribution in [0.4, 0.5) is 0 Å². The van der Waals surface area contributed by atoms with Crippen LogP contribution in [0.25, 0.3) is 0 Å². The maximum absolute atomic E-state index is 12.6. The number of benzene rings is 1. The Bertz CT molecular complexity index is 413. The normalized spacial score (nSPS) is 15.2. The van der Waals surface area contributed by atoms with Crippen LogP contribution < -0.4 is 5.73 Å². The van der Waals surface area contributed by atoms with Crippen LogP contribution in [0.1, 0.15) is 42.1 Å². The van der Waals surface area contributed by atoms with Crippen molar-refractivity contribution in [1.29, 1.82) is 0 Å². The van der Waals surface area contributed by atoms with Gasteiger partial charge in [0.2, 0.25) is 0 Å². The number of carbonyl (C=O) groups is 1. The van der Waals surface area contributed by atoms with Crippen LogP contribution in [0.2, 0.25) is 0 Å². The molecule has 0 atom stereocenters. The monoisotopic (exact) mass is 246 g/mol. The second-order valence-electron chi connectivity index (χ2n) is 4.88. The molecule has 0 aliphatic heterocycles. The van der Waals surface area contributed by atoms with Gasteiger partial charge in [-0.2, -0.15) is 0 Å². The minimum absolute atomic E-state index is 0.155. The van der Waals surface area contributed by atoms with Gasteiger partial charge in [-0.15, -0.1) is 0 Å². The molecule has 1 saturated carbocycles. The van der Waals surface area contributed by atoms with Crippen molar-refractivity contribution in [3.8, 4) is 0 Å². The summed E-state index contributed by atoms with van der Waals surface area (Å²) in [6.07, 6.45) is 4.37. The van der Waals surface area contributed by atoms with Gasteiger partial charge in [0.25, 0.3) is 5.91 Å². The Morgan fingerprint density at radius 1 is 1.39 bits per heavy atom. The first-order chi connectivity index (χ1) is 8.77. The first-order valence-electron chi connectivity index (χ1n) is 6.86. The van der Waals surface area contributed by atoms with E-state index in [1.807, 2.05) is 29.2 Å². The van der Waals surface area contributed by atoms with E-state index in [1.165, 1.54) is 6.42 Å². The Morgan fingerprint density at radius 2 is 2.11 bits per heavy atom. The Labute approximate surface area is 109 Å². The Kier molecular flexibility index (Phi) is 4.37. The number of amides is 1. The van der Waals surface area contributed by atoms with Gasteiger partial charge in [-0.3, -0.25) is 4.79 Å². The molecular weight excluding hydrogens is 224 g/mol. The maximum Gasteiger partial charge on any atom is 0.254 e. The molecular formula is C15H22N2O. The van der Waals surface area contributed by atoms with Crippen molar-refractivity contribution < 1.29 is 4.79 Å². The second kappa shape index (κ2) is 6.01. The van der Waals surface area contributed by atoms with Gasteiger partial charge >= 0.3 is 0 Å². The molecule has 1 fully saturated rings. The highest BCUT2D eigenvalue weighted by Crippen LogP contribution is 2.26. The maximum atomic E-state index is 12.6. The Balaban J connectivity index is 2.21. The molecule has 1 aliphatic carbocycles. The molecule has 1 aromatic carbocycles. The van der Waals surface area contributed by atoms with E-state index in [1.54, 1.807) is 0 Å².